The van der Waals surface area contributed by atoms with Crippen LogP contribution in [0.3, 0.4) is 0 Å². The van der Waals surface area contributed by atoms with E-state index in [4.69, 9.17) is 14.2 Å². The van der Waals surface area contributed by atoms with Gasteiger partial charge in [-0.05, 0) is 69.8 Å². The Bertz CT molecular complexity index is 687. The minimum Gasteiger partial charge on any atom is -0.469 e. The summed E-state index contributed by atoms with van der Waals surface area (Å²) in [6, 6.07) is 0. The molecule has 0 aromatic heterocycles. The first kappa shape index (κ1) is 28.9. The third kappa shape index (κ3) is 12.6. The maximum absolute atomic E-state index is 12.4. The van der Waals surface area contributed by atoms with E-state index in [0.717, 1.165) is 56.9 Å². The van der Waals surface area contributed by atoms with Gasteiger partial charge in [-0.15, -0.1) is 0 Å². The monoisotopic (exact) mass is 464 g/mol. The lowest BCUT2D eigenvalue weighted by molar-refractivity contribution is -0.148. The van der Waals surface area contributed by atoms with Crippen molar-refractivity contribution in [1.29, 1.82) is 0 Å². The normalized spacial score (nSPS) is 16.3. The molecule has 0 aromatic rings. The zero-order valence-corrected chi connectivity index (χ0v) is 21.4. The molecule has 6 nitrogen and oxygen atoms in total. The number of carbonyl (C=O) groups is 3. The fraction of sp³-hybridized carbons (Fsp3) is 0.741. The van der Waals surface area contributed by atoms with E-state index in [0.29, 0.717) is 31.1 Å². The van der Waals surface area contributed by atoms with Crippen molar-refractivity contribution in [1.82, 2.24) is 0 Å². The summed E-state index contributed by atoms with van der Waals surface area (Å²) in [5.74, 6) is 0.218. The summed E-state index contributed by atoms with van der Waals surface area (Å²) in [4.78, 5) is 36.1. The fourth-order valence-electron chi connectivity index (χ4n) is 4.04. The van der Waals surface area contributed by atoms with E-state index >= 15 is 0 Å². The molecule has 1 aliphatic carbocycles. The van der Waals surface area contributed by atoms with Gasteiger partial charge < -0.3 is 14.2 Å². The highest BCUT2D eigenvalue weighted by Gasteiger charge is 2.30. The average Bonchev–Trinajstić information content (AvgIpc) is 3.13. The second kappa shape index (κ2) is 16.5. The molecule has 0 fully saturated rings. The second-order valence-electron chi connectivity index (χ2n) is 9.37. The van der Waals surface area contributed by atoms with Gasteiger partial charge >= 0.3 is 17.9 Å². The van der Waals surface area contributed by atoms with E-state index in [9.17, 15) is 14.4 Å². The number of allylic oxidation sites excluding steroid dienone is 4. The molecule has 0 heterocycles. The van der Waals surface area contributed by atoms with Crippen molar-refractivity contribution in [2.24, 2.45) is 11.8 Å². The Morgan fingerprint density at radius 1 is 1.06 bits per heavy atom. The standard InChI is InChI=1S/C27H44O6/c1-6-7-8-12-23-22(19-27(30)31-5)13-14-24(23)33-26(29)16-15-25(28)32-18-17-21(4)11-9-10-20(2)3/h10,21-22H,6-9,11-19H2,1-5H3. The Hall–Kier alpha value is -2.11. The summed E-state index contributed by atoms with van der Waals surface area (Å²) < 4.78 is 15.7. The van der Waals surface area contributed by atoms with Gasteiger partial charge in [0.15, 0.2) is 0 Å². The molecule has 0 N–H and O–H groups in total. The molecule has 0 aromatic carbocycles. The zero-order chi connectivity index (χ0) is 24.6. The lowest BCUT2D eigenvalue weighted by Gasteiger charge is -2.14. The van der Waals surface area contributed by atoms with Crippen molar-refractivity contribution in [3.63, 3.8) is 0 Å². The van der Waals surface area contributed by atoms with Crippen molar-refractivity contribution in [2.45, 2.75) is 105 Å². The van der Waals surface area contributed by atoms with Gasteiger partial charge in [0.05, 0.1) is 33.0 Å². The molecule has 0 spiro atoms. The summed E-state index contributed by atoms with van der Waals surface area (Å²) in [5.41, 5.74) is 2.38. The van der Waals surface area contributed by atoms with Gasteiger partial charge in [-0.3, -0.25) is 14.4 Å². The topological polar surface area (TPSA) is 78.9 Å². The van der Waals surface area contributed by atoms with Crippen LogP contribution in [0.25, 0.3) is 0 Å². The second-order valence-corrected chi connectivity index (χ2v) is 9.37. The number of ether oxygens (including phenoxy) is 3. The predicted octanol–water partition coefficient (Wildman–Crippen LogP) is 6.43. The van der Waals surface area contributed by atoms with E-state index in [1.54, 1.807) is 0 Å². The summed E-state index contributed by atoms with van der Waals surface area (Å²) in [5, 5.41) is 0. The largest absolute Gasteiger partial charge is 0.469 e. The van der Waals surface area contributed by atoms with Gasteiger partial charge in [0.25, 0.3) is 0 Å². The average molecular weight is 465 g/mol. The van der Waals surface area contributed by atoms with E-state index in [2.05, 4.69) is 33.8 Å². The summed E-state index contributed by atoms with van der Waals surface area (Å²) in [7, 11) is 1.39. The van der Waals surface area contributed by atoms with Crippen LogP contribution in [0.15, 0.2) is 23.0 Å². The van der Waals surface area contributed by atoms with Crippen LogP contribution < -0.4 is 0 Å². The lowest BCUT2D eigenvalue weighted by Crippen LogP contribution is -2.13. The highest BCUT2D eigenvalue weighted by Crippen LogP contribution is 2.38. The maximum Gasteiger partial charge on any atom is 0.311 e. The first-order chi connectivity index (χ1) is 15.8. The minimum absolute atomic E-state index is 0.00235. The van der Waals surface area contributed by atoms with E-state index in [1.807, 2.05) is 0 Å². The van der Waals surface area contributed by atoms with Gasteiger partial charge in [0.2, 0.25) is 0 Å². The fourth-order valence-corrected chi connectivity index (χ4v) is 4.04. The molecule has 0 saturated carbocycles. The Labute approximate surface area is 200 Å². The van der Waals surface area contributed by atoms with Crippen molar-refractivity contribution < 1.29 is 28.6 Å². The van der Waals surface area contributed by atoms with Crippen molar-refractivity contribution >= 4 is 17.9 Å². The molecule has 6 heteroatoms. The summed E-state index contributed by atoms with van der Waals surface area (Å²) in [6.45, 7) is 8.86. The number of methoxy groups -OCH3 is 1. The molecule has 0 aliphatic heterocycles. The molecule has 33 heavy (non-hydrogen) atoms. The van der Waals surface area contributed by atoms with Gasteiger partial charge in [-0.25, -0.2) is 0 Å². The quantitative estimate of drug-likeness (QED) is 0.113. The molecule has 0 bridgehead atoms. The number of rotatable bonds is 16. The lowest BCUT2D eigenvalue weighted by atomic mass is 9.93. The number of hydrogen-bond acceptors (Lipinski definition) is 6. The molecule has 1 aliphatic rings. The number of unbranched alkanes of at least 4 members (excludes halogenated alkanes) is 2. The van der Waals surface area contributed by atoms with Crippen molar-refractivity contribution in [3.05, 3.63) is 23.0 Å². The summed E-state index contributed by atoms with van der Waals surface area (Å²) >= 11 is 0. The van der Waals surface area contributed by atoms with E-state index in [1.165, 1.54) is 12.7 Å². The number of carbonyl (C=O) groups excluding carboxylic acids is 3. The predicted molar refractivity (Wildman–Crippen MR) is 129 cm³/mol. The molecule has 2 atom stereocenters. The van der Waals surface area contributed by atoms with Crippen molar-refractivity contribution in [2.75, 3.05) is 13.7 Å². The van der Waals surface area contributed by atoms with E-state index in [-0.39, 0.29) is 30.7 Å². The number of esters is 3. The van der Waals surface area contributed by atoms with Gasteiger partial charge in [-0.1, -0.05) is 38.3 Å². The van der Waals surface area contributed by atoms with Gasteiger partial charge in [0.1, 0.15) is 5.76 Å². The Morgan fingerprint density at radius 3 is 2.45 bits per heavy atom. The van der Waals surface area contributed by atoms with Crippen molar-refractivity contribution in [3.8, 4) is 0 Å². The summed E-state index contributed by atoms with van der Waals surface area (Å²) in [6.07, 6.45) is 10.9. The first-order valence-electron chi connectivity index (χ1n) is 12.5. The third-order valence-electron chi connectivity index (χ3n) is 6.12. The van der Waals surface area contributed by atoms with Crippen LogP contribution in [-0.4, -0.2) is 31.6 Å². The highest BCUT2D eigenvalue weighted by atomic mass is 16.5. The Morgan fingerprint density at radius 2 is 1.79 bits per heavy atom. The molecule has 2 unspecified atom stereocenters. The maximum atomic E-state index is 12.4. The molecule has 0 radical (unpaired) electrons. The SMILES string of the molecule is CCCCCC1=C(OC(=O)CCC(=O)OCCC(C)CCC=C(C)C)CCC1CC(=O)OC. The Balaban J connectivity index is 2.44. The highest BCUT2D eigenvalue weighted by molar-refractivity contribution is 5.78. The molecular weight excluding hydrogens is 420 g/mol. The van der Waals surface area contributed by atoms with Crippen LogP contribution in [-0.2, 0) is 28.6 Å². The molecular formula is C27H44O6. The molecule has 0 amide bonds. The minimum atomic E-state index is -0.413. The Kier molecular flexibility index (Phi) is 14.5. The molecule has 188 valence electrons. The molecule has 0 saturated heterocycles. The van der Waals surface area contributed by atoms with Crippen LogP contribution >= 0.6 is 0 Å². The van der Waals surface area contributed by atoms with Gasteiger partial charge in [-0.2, -0.15) is 0 Å². The van der Waals surface area contributed by atoms with Crippen LogP contribution in [0.1, 0.15) is 105 Å². The van der Waals surface area contributed by atoms with Crippen LogP contribution in [0.4, 0.5) is 0 Å². The van der Waals surface area contributed by atoms with Crippen LogP contribution in [0.5, 0.6) is 0 Å². The van der Waals surface area contributed by atoms with Crippen LogP contribution in [0, 0.1) is 11.8 Å². The van der Waals surface area contributed by atoms with E-state index < -0.39 is 5.97 Å². The van der Waals surface area contributed by atoms with Gasteiger partial charge in [0, 0.05) is 6.42 Å². The smallest absolute Gasteiger partial charge is 0.311 e. The zero-order valence-electron chi connectivity index (χ0n) is 21.4. The molecule has 1 rings (SSSR count). The van der Waals surface area contributed by atoms with Crippen LogP contribution in [0.2, 0.25) is 0 Å². The first-order valence-corrected chi connectivity index (χ1v) is 12.5. The third-order valence-corrected chi connectivity index (χ3v) is 6.12. The number of hydrogen-bond donors (Lipinski definition) is 0.